The molecule has 354 valence electrons. The second-order valence-electron chi connectivity index (χ2n) is 18.0. The van der Waals surface area contributed by atoms with Gasteiger partial charge in [0.2, 0.25) is 0 Å². The Kier molecular flexibility index (Phi) is 53.3. The van der Waals surface area contributed by atoms with Gasteiger partial charge in [-0.15, -0.1) is 0 Å². The molecular formula is C52H105NO6. The van der Waals surface area contributed by atoms with Crippen LogP contribution in [0.4, 0.5) is 0 Å². The maximum Gasteiger partial charge on any atom is 0.306 e. The molecule has 0 spiro atoms. The molecule has 7 nitrogen and oxygen atoms in total. The Labute approximate surface area is 369 Å². The van der Waals surface area contributed by atoms with Gasteiger partial charge in [0.15, 0.2) is 0 Å². The number of esters is 2. The van der Waals surface area contributed by atoms with Crippen LogP contribution in [0.5, 0.6) is 0 Å². The highest BCUT2D eigenvalue weighted by atomic mass is 16.5. The standard InChI is InChI=1S/C50H99NO4.CH4O.CH2O/c1-8-12-24-35-47(36-25-13-9-2)43-49(52)54-41-30-22-18-16-20-28-33-46(39-32-40-51(7)45(5)6)34-29-21-17-19-23-31-42-55-50(53)44-48(37-26-14-10-3)38-27-15-11-4;2*1-2/h45-48H,8-44H2,1-7H3;2H,1H3;1H2. The second kappa shape index (κ2) is 50.9. The predicted octanol–water partition coefficient (Wildman–Crippen LogP) is 15.0. The normalized spacial score (nSPS) is 11.3. The van der Waals surface area contributed by atoms with Gasteiger partial charge in [0.05, 0.1) is 13.2 Å². The van der Waals surface area contributed by atoms with Crippen LogP contribution in [0.3, 0.4) is 0 Å². The number of rotatable bonds is 43. The number of hydrogen-bond donors (Lipinski definition) is 1. The summed E-state index contributed by atoms with van der Waals surface area (Å²) in [6.45, 7) is 18.0. The molecule has 0 aliphatic heterocycles. The van der Waals surface area contributed by atoms with E-state index in [1.807, 2.05) is 6.79 Å². The molecule has 0 radical (unpaired) electrons. The van der Waals surface area contributed by atoms with Gasteiger partial charge in [-0.1, -0.05) is 182 Å². The Morgan fingerprint density at radius 2 is 0.712 bits per heavy atom. The molecule has 1 N–H and O–H groups in total. The van der Waals surface area contributed by atoms with Crippen molar-refractivity contribution in [2.75, 3.05) is 33.9 Å². The fraction of sp³-hybridized carbons (Fsp3) is 0.942. The minimum absolute atomic E-state index is 0.0380. The maximum absolute atomic E-state index is 12.5. The number of unbranched alkanes of at least 4 members (excludes halogenated alkanes) is 18. The van der Waals surface area contributed by atoms with Gasteiger partial charge in [-0.05, 0) is 96.6 Å². The molecule has 0 fully saturated rings. The molecule has 0 saturated carbocycles. The summed E-state index contributed by atoms with van der Waals surface area (Å²) in [6, 6.07) is 0.622. The Balaban J connectivity index is -0.00000758. The van der Waals surface area contributed by atoms with Gasteiger partial charge in [-0.3, -0.25) is 9.59 Å². The topological polar surface area (TPSA) is 93.1 Å². The van der Waals surface area contributed by atoms with E-state index in [2.05, 4.69) is 53.5 Å². The van der Waals surface area contributed by atoms with Gasteiger partial charge in [0, 0.05) is 26.0 Å². The number of aliphatic hydroxyl groups excluding tert-OH is 1. The van der Waals surface area contributed by atoms with Crippen molar-refractivity contribution >= 4 is 18.7 Å². The summed E-state index contributed by atoms with van der Waals surface area (Å²) in [5.41, 5.74) is 0. The quantitative estimate of drug-likeness (QED) is 0.0483. The summed E-state index contributed by atoms with van der Waals surface area (Å²) >= 11 is 0. The van der Waals surface area contributed by atoms with E-state index in [1.165, 1.54) is 199 Å². The minimum Gasteiger partial charge on any atom is -0.466 e. The van der Waals surface area contributed by atoms with Crippen molar-refractivity contribution in [3.63, 3.8) is 0 Å². The summed E-state index contributed by atoms with van der Waals surface area (Å²) in [5.74, 6) is 1.97. The summed E-state index contributed by atoms with van der Waals surface area (Å²) in [5, 5.41) is 7.00. The maximum atomic E-state index is 12.5. The predicted molar refractivity (Wildman–Crippen MR) is 255 cm³/mol. The van der Waals surface area contributed by atoms with E-state index in [-0.39, 0.29) is 11.9 Å². The van der Waals surface area contributed by atoms with E-state index in [4.69, 9.17) is 19.4 Å². The van der Waals surface area contributed by atoms with Crippen molar-refractivity contribution < 1.29 is 29.0 Å². The highest BCUT2D eigenvalue weighted by Crippen LogP contribution is 2.25. The third-order valence-corrected chi connectivity index (χ3v) is 12.3. The van der Waals surface area contributed by atoms with Gasteiger partial charge in [0.1, 0.15) is 6.79 Å². The molecule has 7 heteroatoms. The van der Waals surface area contributed by atoms with E-state index in [1.54, 1.807) is 0 Å². The molecule has 0 bridgehead atoms. The van der Waals surface area contributed by atoms with Crippen molar-refractivity contribution in [1.82, 2.24) is 4.90 Å². The number of ether oxygens (including phenoxy) is 2. The van der Waals surface area contributed by atoms with E-state index in [0.29, 0.717) is 43.9 Å². The zero-order valence-electron chi connectivity index (χ0n) is 41.1. The van der Waals surface area contributed by atoms with Gasteiger partial charge in [-0.25, -0.2) is 0 Å². The summed E-state index contributed by atoms with van der Waals surface area (Å²) in [4.78, 5) is 35.6. The first-order chi connectivity index (χ1) is 28.8. The highest BCUT2D eigenvalue weighted by molar-refractivity contribution is 5.70. The van der Waals surface area contributed by atoms with Crippen LogP contribution in [-0.2, 0) is 23.9 Å². The lowest BCUT2D eigenvalue weighted by molar-refractivity contribution is -0.146. The van der Waals surface area contributed by atoms with Crippen molar-refractivity contribution in [2.45, 2.75) is 266 Å². The van der Waals surface area contributed by atoms with E-state index >= 15 is 0 Å². The number of nitrogens with zero attached hydrogens (tertiary/aromatic N) is 1. The highest BCUT2D eigenvalue weighted by Gasteiger charge is 2.16. The van der Waals surface area contributed by atoms with Gasteiger partial charge >= 0.3 is 11.9 Å². The summed E-state index contributed by atoms with van der Waals surface area (Å²) < 4.78 is 11.4. The molecule has 0 aromatic heterocycles. The fourth-order valence-electron chi connectivity index (χ4n) is 8.20. The SMILES string of the molecule is C=O.CCCCCC(CCCCC)CC(=O)OCCCCCCCCC(CCCCCCCCOC(=O)CC(CCCCC)CCCCC)CCCN(C)C(C)C.CO. The lowest BCUT2D eigenvalue weighted by Gasteiger charge is -2.23. The van der Waals surface area contributed by atoms with Gasteiger partial charge in [-0.2, -0.15) is 0 Å². The molecule has 0 aliphatic carbocycles. The average molecular weight is 840 g/mol. The van der Waals surface area contributed by atoms with Crippen LogP contribution in [0.15, 0.2) is 0 Å². The average Bonchev–Trinajstić information content (AvgIpc) is 3.23. The first kappa shape index (κ1) is 61.8. The van der Waals surface area contributed by atoms with Crippen molar-refractivity contribution in [3.05, 3.63) is 0 Å². The van der Waals surface area contributed by atoms with Crippen molar-refractivity contribution in [2.24, 2.45) is 17.8 Å². The Morgan fingerprint density at radius 3 is 1.03 bits per heavy atom. The molecule has 0 saturated heterocycles. The summed E-state index contributed by atoms with van der Waals surface area (Å²) in [7, 11) is 3.27. The zero-order chi connectivity index (χ0) is 44.6. The summed E-state index contributed by atoms with van der Waals surface area (Å²) in [6.07, 6.45) is 41.4. The third kappa shape index (κ3) is 45.9. The van der Waals surface area contributed by atoms with Crippen LogP contribution < -0.4 is 0 Å². The second-order valence-corrected chi connectivity index (χ2v) is 18.0. The first-order valence-electron chi connectivity index (χ1n) is 25.5. The molecule has 0 aliphatic rings. The van der Waals surface area contributed by atoms with Crippen LogP contribution in [0.2, 0.25) is 0 Å². The lowest BCUT2D eigenvalue weighted by atomic mass is 9.90. The zero-order valence-corrected chi connectivity index (χ0v) is 41.1. The number of carbonyl (C=O) groups excluding carboxylic acids is 3. The molecule has 0 rings (SSSR count). The molecule has 0 unspecified atom stereocenters. The van der Waals surface area contributed by atoms with Crippen molar-refractivity contribution in [3.8, 4) is 0 Å². The van der Waals surface area contributed by atoms with Crippen LogP contribution in [-0.4, -0.2) is 68.7 Å². The number of hydrogen-bond acceptors (Lipinski definition) is 7. The van der Waals surface area contributed by atoms with Crippen molar-refractivity contribution in [1.29, 1.82) is 0 Å². The monoisotopic (exact) mass is 840 g/mol. The molecule has 0 heterocycles. The molecule has 0 amide bonds. The number of aliphatic hydroxyl groups is 1. The molecule has 0 aromatic rings. The first-order valence-corrected chi connectivity index (χ1v) is 25.5. The van der Waals surface area contributed by atoms with Crippen LogP contribution in [0, 0.1) is 17.8 Å². The Morgan fingerprint density at radius 1 is 0.441 bits per heavy atom. The van der Waals surface area contributed by atoms with Gasteiger partial charge in [0.25, 0.3) is 0 Å². The van der Waals surface area contributed by atoms with E-state index in [0.717, 1.165) is 25.9 Å². The minimum atomic E-state index is 0.0380. The van der Waals surface area contributed by atoms with E-state index in [9.17, 15) is 9.59 Å². The molecule has 59 heavy (non-hydrogen) atoms. The number of carbonyl (C=O) groups is 3. The third-order valence-electron chi connectivity index (χ3n) is 12.3. The fourth-order valence-corrected chi connectivity index (χ4v) is 8.20. The lowest BCUT2D eigenvalue weighted by Crippen LogP contribution is -2.27. The Bertz CT molecular complexity index is 762. The van der Waals surface area contributed by atoms with Crippen LogP contribution in [0.1, 0.15) is 260 Å². The molecule has 0 atom stereocenters. The van der Waals surface area contributed by atoms with E-state index < -0.39 is 0 Å². The smallest absolute Gasteiger partial charge is 0.306 e. The largest absolute Gasteiger partial charge is 0.466 e. The Hall–Kier alpha value is -1.47. The van der Waals surface area contributed by atoms with Gasteiger partial charge < -0.3 is 24.3 Å². The van der Waals surface area contributed by atoms with Crippen LogP contribution in [0.25, 0.3) is 0 Å². The molecule has 0 aromatic carbocycles. The molecular weight excluding hydrogens is 735 g/mol. The van der Waals surface area contributed by atoms with Crippen LogP contribution >= 0.6 is 0 Å².